The minimum atomic E-state index is 0.223. The Kier molecular flexibility index (Phi) is 5.88. The van der Waals surface area contributed by atoms with Gasteiger partial charge in [-0.3, -0.25) is 5.10 Å². The monoisotopic (exact) mass is 292 g/mol. The third-order valence-corrected chi connectivity index (χ3v) is 3.90. The van der Waals surface area contributed by atoms with Crippen LogP contribution in [0.15, 0.2) is 35.7 Å². The zero-order valence-corrected chi connectivity index (χ0v) is 12.6. The summed E-state index contributed by atoms with van der Waals surface area (Å²) in [5.74, 6) is 1.79. The quantitative estimate of drug-likeness (QED) is 0.732. The summed E-state index contributed by atoms with van der Waals surface area (Å²) in [6, 6.07) is 8.35. The highest BCUT2D eigenvalue weighted by molar-refractivity contribution is 7.99. The van der Waals surface area contributed by atoms with Crippen LogP contribution in [-0.4, -0.2) is 34.6 Å². The predicted molar refractivity (Wildman–Crippen MR) is 81.1 cm³/mol. The van der Waals surface area contributed by atoms with Gasteiger partial charge in [0, 0.05) is 17.4 Å². The molecule has 20 heavy (non-hydrogen) atoms. The molecule has 1 aromatic carbocycles. The first-order valence-electron chi connectivity index (χ1n) is 6.69. The molecule has 6 heteroatoms. The number of ether oxygens (including phenoxy) is 1. The van der Waals surface area contributed by atoms with Gasteiger partial charge in [-0.15, -0.1) is 0 Å². The topological polar surface area (TPSA) is 62.8 Å². The number of benzene rings is 1. The zero-order chi connectivity index (χ0) is 14.2. The second kappa shape index (κ2) is 7.91. The first-order valence-corrected chi connectivity index (χ1v) is 7.68. The summed E-state index contributed by atoms with van der Waals surface area (Å²) in [5.41, 5.74) is 1.18. The zero-order valence-electron chi connectivity index (χ0n) is 11.8. The van der Waals surface area contributed by atoms with Crippen LogP contribution < -0.4 is 10.1 Å². The molecule has 1 unspecified atom stereocenters. The van der Waals surface area contributed by atoms with Gasteiger partial charge in [0.1, 0.15) is 12.1 Å². The Morgan fingerprint density at radius 2 is 2.25 bits per heavy atom. The van der Waals surface area contributed by atoms with Gasteiger partial charge in [-0.25, -0.2) is 4.98 Å². The van der Waals surface area contributed by atoms with Crippen LogP contribution in [0.1, 0.15) is 24.9 Å². The van der Waals surface area contributed by atoms with Gasteiger partial charge in [-0.2, -0.15) is 5.10 Å². The molecule has 0 amide bonds. The molecule has 2 rings (SSSR count). The Labute approximate surface area is 123 Å². The van der Waals surface area contributed by atoms with Gasteiger partial charge in [-0.05, 0) is 19.0 Å². The van der Waals surface area contributed by atoms with E-state index >= 15 is 0 Å². The number of H-pyrrole nitrogens is 1. The van der Waals surface area contributed by atoms with Crippen LogP contribution in [0.3, 0.4) is 0 Å². The summed E-state index contributed by atoms with van der Waals surface area (Å²) in [6.07, 6.45) is 2.62. The van der Waals surface area contributed by atoms with Crippen LogP contribution in [0, 0.1) is 0 Å². The van der Waals surface area contributed by atoms with Gasteiger partial charge in [0.15, 0.2) is 5.16 Å². The van der Waals surface area contributed by atoms with Crippen LogP contribution in [0.5, 0.6) is 5.75 Å². The van der Waals surface area contributed by atoms with Crippen molar-refractivity contribution < 1.29 is 4.74 Å². The molecule has 0 spiro atoms. The van der Waals surface area contributed by atoms with E-state index in [1.165, 1.54) is 11.9 Å². The third-order valence-electron chi connectivity index (χ3n) is 2.93. The molecule has 5 nitrogen and oxygen atoms in total. The molecule has 0 radical (unpaired) electrons. The molecular weight excluding hydrogens is 272 g/mol. The molecule has 0 saturated carbocycles. The van der Waals surface area contributed by atoms with Gasteiger partial charge >= 0.3 is 0 Å². The molecule has 0 bridgehead atoms. The number of hydrogen-bond acceptors (Lipinski definition) is 5. The predicted octanol–water partition coefficient (Wildman–Crippen LogP) is 2.65. The second-order valence-electron chi connectivity index (χ2n) is 4.35. The van der Waals surface area contributed by atoms with Gasteiger partial charge in [0.05, 0.1) is 7.11 Å². The van der Waals surface area contributed by atoms with Gasteiger partial charge in [0.2, 0.25) is 0 Å². The Morgan fingerprint density at radius 3 is 2.95 bits per heavy atom. The Bertz CT molecular complexity index is 504. The first-order chi connectivity index (χ1) is 9.85. The average Bonchev–Trinajstić information content (AvgIpc) is 3.01. The summed E-state index contributed by atoms with van der Waals surface area (Å²) in [7, 11) is 1.71. The van der Waals surface area contributed by atoms with Crippen LogP contribution >= 0.6 is 11.8 Å². The van der Waals surface area contributed by atoms with Crippen LogP contribution in [-0.2, 0) is 0 Å². The number of rotatable bonds is 8. The second-order valence-corrected chi connectivity index (χ2v) is 5.36. The summed E-state index contributed by atoms with van der Waals surface area (Å²) >= 11 is 1.65. The fraction of sp³-hybridized carbons (Fsp3) is 0.429. The van der Waals surface area contributed by atoms with Gasteiger partial charge in [-0.1, -0.05) is 36.9 Å². The number of thioether (sulfide) groups is 1. The first kappa shape index (κ1) is 14.9. The van der Waals surface area contributed by atoms with E-state index in [0.29, 0.717) is 0 Å². The maximum atomic E-state index is 5.46. The fourth-order valence-corrected chi connectivity index (χ4v) is 2.82. The molecule has 1 atom stereocenters. The highest BCUT2D eigenvalue weighted by atomic mass is 32.2. The molecule has 0 saturated heterocycles. The standard InChI is InChI=1S/C14H20N4OS/c1-3-8-15-12(9-20-14-16-10-17-18-14)11-6-4-5-7-13(11)19-2/h4-7,10,12,15H,3,8-9H2,1-2H3,(H,16,17,18). The van der Waals surface area contributed by atoms with E-state index in [2.05, 4.69) is 33.5 Å². The number of nitrogens with one attached hydrogen (secondary N) is 2. The minimum absolute atomic E-state index is 0.223. The van der Waals surface area contributed by atoms with E-state index in [4.69, 9.17) is 4.74 Å². The van der Waals surface area contributed by atoms with E-state index in [1.807, 2.05) is 18.2 Å². The van der Waals surface area contributed by atoms with Crippen molar-refractivity contribution in [1.82, 2.24) is 20.5 Å². The van der Waals surface area contributed by atoms with E-state index in [1.54, 1.807) is 18.9 Å². The molecule has 0 aliphatic heterocycles. The molecular formula is C14H20N4OS. The lowest BCUT2D eigenvalue weighted by atomic mass is 10.1. The maximum absolute atomic E-state index is 5.46. The number of aromatic nitrogens is 3. The highest BCUT2D eigenvalue weighted by Crippen LogP contribution is 2.28. The minimum Gasteiger partial charge on any atom is -0.496 e. The fourth-order valence-electron chi connectivity index (χ4n) is 1.96. The number of aromatic amines is 1. The van der Waals surface area contributed by atoms with Crippen molar-refractivity contribution in [3.05, 3.63) is 36.2 Å². The van der Waals surface area contributed by atoms with E-state index in [9.17, 15) is 0 Å². The lowest BCUT2D eigenvalue weighted by molar-refractivity contribution is 0.402. The van der Waals surface area contributed by atoms with Crippen molar-refractivity contribution in [2.75, 3.05) is 19.4 Å². The van der Waals surface area contributed by atoms with Gasteiger partial charge < -0.3 is 10.1 Å². The summed E-state index contributed by atoms with van der Waals surface area (Å²) in [6.45, 7) is 3.13. The van der Waals surface area contributed by atoms with E-state index in [-0.39, 0.29) is 6.04 Å². The number of methoxy groups -OCH3 is 1. The normalized spacial score (nSPS) is 12.3. The maximum Gasteiger partial charge on any atom is 0.183 e. The molecule has 0 fully saturated rings. The average molecular weight is 292 g/mol. The number of hydrogen-bond donors (Lipinski definition) is 2. The summed E-state index contributed by atoms with van der Waals surface area (Å²) < 4.78 is 5.46. The summed E-state index contributed by atoms with van der Waals surface area (Å²) in [4.78, 5) is 4.14. The SMILES string of the molecule is CCCNC(CSc1ncn[nH]1)c1ccccc1OC. The lowest BCUT2D eigenvalue weighted by Crippen LogP contribution is -2.24. The number of nitrogens with zero attached hydrogens (tertiary/aromatic N) is 2. The van der Waals surface area contributed by atoms with Gasteiger partial charge in [0.25, 0.3) is 0 Å². The van der Waals surface area contributed by atoms with E-state index < -0.39 is 0 Å². The molecule has 2 aromatic rings. The molecule has 1 aromatic heterocycles. The smallest absolute Gasteiger partial charge is 0.183 e. The van der Waals surface area contributed by atoms with Crippen LogP contribution in [0.25, 0.3) is 0 Å². The Morgan fingerprint density at radius 1 is 1.40 bits per heavy atom. The van der Waals surface area contributed by atoms with Crippen LogP contribution in [0.4, 0.5) is 0 Å². The third kappa shape index (κ3) is 3.98. The molecule has 1 heterocycles. The summed E-state index contributed by atoms with van der Waals surface area (Å²) in [5, 5.41) is 11.1. The van der Waals surface area contributed by atoms with Crippen molar-refractivity contribution in [3.8, 4) is 5.75 Å². The largest absolute Gasteiger partial charge is 0.496 e. The van der Waals surface area contributed by atoms with Crippen molar-refractivity contribution in [2.24, 2.45) is 0 Å². The van der Waals surface area contributed by atoms with Crippen molar-refractivity contribution >= 4 is 11.8 Å². The molecule has 0 aliphatic rings. The molecule has 2 N–H and O–H groups in total. The van der Waals surface area contributed by atoms with E-state index in [0.717, 1.165) is 29.6 Å². The number of para-hydroxylation sites is 1. The van der Waals surface area contributed by atoms with Crippen molar-refractivity contribution in [2.45, 2.75) is 24.5 Å². The highest BCUT2D eigenvalue weighted by Gasteiger charge is 2.16. The Hall–Kier alpha value is -1.53. The van der Waals surface area contributed by atoms with Crippen molar-refractivity contribution in [3.63, 3.8) is 0 Å². The van der Waals surface area contributed by atoms with Crippen LogP contribution in [0.2, 0.25) is 0 Å². The molecule has 108 valence electrons. The lowest BCUT2D eigenvalue weighted by Gasteiger charge is -2.20. The van der Waals surface area contributed by atoms with Crippen molar-refractivity contribution in [1.29, 1.82) is 0 Å². The Balaban J connectivity index is 2.09. The molecule has 0 aliphatic carbocycles.